The van der Waals surface area contributed by atoms with Gasteiger partial charge >= 0.3 is 0 Å². The lowest BCUT2D eigenvalue weighted by Gasteiger charge is -2.47. The Bertz CT molecular complexity index is 624. The van der Waals surface area contributed by atoms with Gasteiger partial charge in [0.05, 0.1) is 12.2 Å². The molecule has 5 fully saturated rings. The number of aliphatic hydroxyl groups is 1. The Labute approximate surface area is 201 Å². The Morgan fingerprint density at radius 3 is 2.21 bits per heavy atom. The summed E-state index contributed by atoms with van der Waals surface area (Å²) in [7, 11) is 0. The van der Waals surface area contributed by atoms with Gasteiger partial charge in [-0.15, -0.1) is 0 Å². The van der Waals surface area contributed by atoms with Crippen molar-refractivity contribution in [3.8, 4) is 0 Å². The molecule has 6 nitrogen and oxygen atoms in total. The second-order valence-electron chi connectivity index (χ2n) is 11.8. The number of hydrogen-bond acceptors (Lipinski definition) is 5. The number of carbonyl (C=O) groups is 1. The molecule has 5 aliphatic rings. The Morgan fingerprint density at radius 1 is 0.758 bits per heavy atom. The Kier molecular flexibility index (Phi) is 8.27. The fourth-order valence-corrected chi connectivity index (χ4v) is 7.26. The van der Waals surface area contributed by atoms with Crippen LogP contribution in [-0.2, 0) is 9.63 Å². The molecule has 33 heavy (non-hydrogen) atoms. The van der Waals surface area contributed by atoms with Crippen LogP contribution in [0, 0.1) is 17.8 Å². The van der Waals surface area contributed by atoms with Gasteiger partial charge < -0.3 is 14.9 Å². The van der Waals surface area contributed by atoms with Gasteiger partial charge in [-0.3, -0.25) is 9.63 Å². The highest BCUT2D eigenvalue weighted by molar-refractivity contribution is 5.82. The number of amides is 1. The van der Waals surface area contributed by atoms with Gasteiger partial charge in [0, 0.05) is 26.2 Å². The van der Waals surface area contributed by atoms with Crippen molar-refractivity contribution in [2.75, 3.05) is 39.3 Å². The number of fused-ring (bicyclic) bond motifs is 1. The van der Waals surface area contributed by atoms with Gasteiger partial charge in [0.25, 0.3) is 0 Å². The average Bonchev–Trinajstić information content (AvgIpc) is 2.86. The monoisotopic (exact) mass is 461 g/mol. The van der Waals surface area contributed by atoms with E-state index in [4.69, 9.17) is 4.84 Å². The first-order valence-electron chi connectivity index (χ1n) is 14.3. The maximum Gasteiger partial charge on any atom is 0.242 e. The summed E-state index contributed by atoms with van der Waals surface area (Å²) < 4.78 is 0. The summed E-state index contributed by atoms with van der Waals surface area (Å²) in [6.45, 7) is 6.48. The second kappa shape index (κ2) is 11.4. The van der Waals surface area contributed by atoms with Gasteiger partial charge in [-0.05, 0) is 101 Å². The number of carbonyl (C=O) groups excluding carboxylic acids is 1. The first kappa shape index (κ1) is 24.0. The zero-order valence-corrected chi connectivity index (χ0v) is 20.7. The summed E-state index contributed by atoms with van der Waals surface area (Å²) in [5.74, 6) is 2.17. The lowest BCUT2D eigenvalue weighted by atomic mass is 9.80. The number of hydroxylamine groups is 2. The number of rotatable bonds is 5. The zero-order valence-electron chi connectivity index (χ0n) is 20.7. The molecular weight excluding hydrogens is 414 g/mol. The first-order valence-corrected chi connectivity index (χ1v) is 14.3. The number of piperidine rings is 2. The van der Waals surface area contributed by atoms with Crippen LogP contribution in [0.2, 0.25) is 0 Å². The zero-order chi connectivity index (χ0) is 22.6. The molecule has 2 saturated carbocycles. The Hall–Kier alpha value is -0.690. The fourth-order valence-electron chi connectivity index (χ4n) is 7.26. The number of hydrogen-bond donors (Lipinski definition) is 1. The van der Waals surface area contributed by atoms with Crippen molar-refractivity contribution in [2.45, 2.75) is 108 Å². The van der Waals surface area contributed by atoms with E-state index in [1.54, 1.807) is 0 Å². The molecule has 3 unspecified atom stereocenters. The van der Waals surface area contributed by atoms with Crippen molar-refractivity contribution in [1.29, 1.82) is 0 Å². The van der Waals surface area contributed by atoms with E-state index in [-0.39, 0.29) is 12.1 Å². The van der Waals surface area contributed by atoms with Crippen LogP contribution in [0.3, 0.4) is 0 Å². The standard InChI is InChI=1S/C27H47N3O3/c31-24-10-8-21(9-11-24)20-30-25(18-23-6-2-3-7-26(23)33-30)27(32)29-16-12-22(13-17-29)19-28-14-4-1-5-15-28/h21-26,31H,1-20H2. The van der Waals surface area contributed by atoms with Crippen molar-refractivity contribution in [3.63, 3.8) is 0 Å². The topological polar surface area (TPSA) is 56.2 Å². The summed E-state index contributed by atoms with van der Waals surface area (Å²) in [5.41, 5.74) is 0. The maximum atomic E-state index is 13.8. The van der Waals surface area contributed by atoms with Crippen LogP contribution in [-0.4, -0.2) is 83.4 Å². The number of nitrogens with zero attached hydrogens (tertiary/aromatic N) is 3. The summed E-state index contributed by atoms with van der Waals surface area (Å²) in [6.07, 6.45) is 16.4. The average molecular weight is 462 g/mol. The van der Waals surface area contributed by atoms with Crippen LogP contribution in [0.5, 0.6) is 0 Å². The van der Waals surface area contributed by atoms with E-state index in [0.717, 1.165) is 76.9 Å². The highest BCUT2D eigenvalue weighted by atomic mass is 16.7. The van der Waals surface area contributed by atoms with E-state index in [9.17, 15) is 9.90 Å². The van der Waals surface area contributed by atoms with E-state index >= 15 is 0 Å². The van der Waals surface area contributed by atoms with Gasteiger partial charge in [-0.25, -0.2) is 0 Å². The van der Waals surface area contributed by atoms with Crippen molar-refractivity contribution >= 4 is 5.91 Å². The van der Waals surface area contributed by atoms with Crippen molar-refractivity contribution in [1.82, 2.24) is 14.9 Å². The van der Waals surface area contributed by atoms with Gasteiger partial charge in [0.1, 0.15) is 6.04 Å². The van der Waals surface area contributed by atoms with E-state index in [2.05, 4.69) is 14.9 Å². The molecule has 0 aromatic carbocycles. The molecule has 3 heterocycles. The third-order valence-corrected chi connectivity index (χ3v) is 9.41. The Balaban J connectivity index is 1.18. The van der Waals surface area contributed by atoms with Gasteiger partial charge in [0.15, 0.2) is 0 Å². The SMILES string of the molecule is O=C(C1CC2CCCCC2ON1CC1CCC(O)CC1)N1CCC(CN2CCCCC2)CC1. The fraction of sp³-hybridized carbons (Fsp3) is 0.963. The number of aliphatic hydroxyl groups excluding tert-OH is 1. The summed E-state index contributed by atoms with van der Waals surface area (Å²) >= 11 is 0. The first-order chi connectivity index (χ1) is 16.2. The van der Waals surface area contributed by atoms with E-state index < -0.39 is 0 Å². The van der Waals surface area contributed by atoms with E-state index in [1.807, 2.05) is 0 Å². The highest BCUT2D eigenvalue weighted by Gasteiger charge is 2.43. The normalized spacial score (nSPS) is 37.6. The third-order valence-electron chi connectivity index (χ3n) is 9.41. The van der Waals surface area contributed by atoms with Crippen LogP contribution in [0.15, 0.2) is 0 Å². The van der Waals surface area contributed by atoms with Crippen molar-refractivity contribution in [3.05, 3.63) is 0 Å². The predicted molar refractivity (Wildman–Crippen MR) is 130 cm³/mol. The van der Waals surface area contributed by atoms with Crippen molar-refractivity contribution < 1.29 is 14.7 Å². The molecule has 1 N–H and O–H groups in total. The summed E-state index contributed by atoms with van der Waals surface area (Å²) in [5, 5.41) is 12.0. The summed E-state index contributed by atoms with van der Waals surface area (Å²) in [4.78, 5) is 25.2. The molecule has 0 spiro atoms. The smallest absolute Gasteiger partial charge is 0.242 e. The molecule has 1 amide bonds. The molecule has 0 aromatic rings. The molecule has 3 aliphatic heterocycles. The molecule has 188 valence electrons. The molecule has 0 bridgehead atoms. The highest BCUT2D eigenvalue weighted by Crippen LogP contribution is 2.38. The minimum atomic E-state index is -0.130. The van der Waals surface area contributed by atoms with Crippen LogP contribution in [0.25, 0.3) is 0 Å². The molecule has 2 aliphatic carbocycles. The number of likely N-dealkylation sites (tertiary alicyclic amines) is 2. The molecule has 3 atom stereocenters. The molecular formula is C27H47N3O3. The lowest BCUT2D eigenvalue weighted by molar-refractivity contribution is -0.275. The van der Waals surface area contributed by atoms with Crippen LogP contribution in [0.4, 0.5) is 0 Å². The minimum Gasteiger partial charge on any atom is -0.393 e. The van der Waals surface area contributed by atoms with E-state index in [0.29, 0.717) is 23.8 Å². The van der Waals surface area contributed by atoms with Gasteiger partial charge in [0.2, 0.25) is 5.91 Å². The lowest BCUT2D eigenvalue weighted by Crippen LogP contribution is -2.58. The van der Waals surface area contributed by atoms with Gasteiger partial charge in [-0.1, -0.05) is 19.3 Å². The predicted octanol–water partition coefficient (Wildman–Crippen LogP) is 3.83. The molecule has 5 rings (SSSR count). The van der Waals surface area contributed by atoms with Crippen LogP contribution < -0.4 is 0 Å². The molecule has 3 saturated heterocycles. The van der Waals surface area contributed by atoms with Crippen LogP contribution >= 0.6 is 0 Å². The minimum absolute atomic E-state index is 0.102. The third kappa shape index (κ3) is 6.12. The van der Waals surface area contributed by atoms with Gasteiger partial charge in [-0.2, -0.15) is 5.06 Å². The molecule has 6 heteroatoms. The molecule has 0 aromatic heterocycles. The van der Waals surface area contributed by atoms with Crippen LogP contribution in [0.1, 0.15) is 89.9 Å². The second-order valence-corrected chi connectivity index (χ2v) is 11.8. The largest absolute Gasteiger partial charge is 0.393 e. The Morgan fingerprint density at radius 2 is 1.45 bits per heavy atom. The summed E-state index contributed by atoms with van der Waals surface area (Å²) in [6, 6.07) is -0.102. The van der Waals surface area contributed by atoms with Crippen molar-refractivity contribution in [2.24, 2.45) is 17.8 Å². The molecule has 0 radical (unpaired) electrons. The quantitative estimate of drug-likeness (QED) is 0.674. The van der Waals surface area contributed by atoms with E-state index in [1.165, 1.54) is 58.2 Å². The maximum absolute atomic E-state index is 13.8.